The number of rotatable bonds is 3. The van der Waals surface area contributed by atoms with Gasteiger partial charge in [-0.2, -0.15) is 0 Å². The highest BCUT2D eigenvalue weighted by Crippen LogP contribution is 2.05. The van der Waals surface area contributed by atoms with Gasteiger partial charge in [0.15, 0.2) is 0 Å². The maximum absolute atomic E-state index is 5.66. The molecule has 3 heteroatoms. The summed E-state index contributed by atoms with van der Waals surface area (Å²) in [4.78, 5) is 0. The molecule has 44 valence electrons. The first-order valence-electron chi connectivity index (χ1n) is 2.21. The third kappa shape index (κ3) is 4.87. The van der Waals surface area contributed by atoms with E-state index < -0.39 is 0 Å². The largest absolute Gasteiger partial charge is 0.136 e. The van der Waals surface area contributed by atoms with E-state index >= 15 is 0 Å². The minimum atomic E-state index is 0.252. The Morgan fingerprint density at radius 3 is 2.29 bits per heavy atom. The van der Waals surface area contributed by atoms with Crippen LogP contribution < -0.4 is 0 Å². The standard InChI is InChI=1S/C4H9Cl2P/c5-2-1-4(6)3-7/h4H,1-3,7H2. The maximum Gasteiger partial charge on any atom is 0.0381 e. The van der Waals surface area contributed by atoms with Crippen molar-refractivity contribution in [3.05, 3.63) is 0 Å². The number of halogens is 2. The van der Waals surface area contributed by atoms with Gasteiger partial charge in [-0.1, -0.05) is 0 Å². The molecule has 0 aromatic rings. The van der Waals surface area contributed by atoms with Crippen LogP contribution in [0.25, 0.3) is 0 Å². The van der Waals surface area contributed by atoms with E-state index in [9.17, 15) is 0 Å². The average molecular weight is 159 g/mol. The molecule has 0 rings (SSSR count). The Bertz CT molecular complexity index is 40.7. The average Bonchev–Trinajstić information content (AvgIpc) is 1.68. The van der Waals surface area contributed by atoms with Crippen molar-refractivity contribution in [1.29, 1.82) is 0 Å². The Hall–Kier alpha value is 1.01. The van der Waals surface area contributed by atoms with Crippen LogP contribution in [0.5, 0.6) is 0 Å². The molecule has 0 heterocycles. The van der Waals surface area contributed by atoms with Crippen LogP contribution in [-0.4, -0.2) is 17.4 Å². The zero-order chi connectivity index (χ0) is 5.70. The fourth-order valence-corrected chi connectivity index (χ4v) is 0.956. The summed E-state index contributed by atoms with van der Waals surface area (Å²) >= 11 is 11.0. The topological polar surface area (TPSA) is 0 Å². The third-order valence-electron chi connectivity index (χ3n) is 0.678. The Morgan fingerprint density at radius 2 is 2.14 bits per heavy atom. The summed E-state index contributed by atoms with van der Waals surface area (Å²) in [5.74, 6) is 0.669. The molecule has 0 aliphatic heterocycles. The van der Waals surface area contributed by atoms with Crippen LogP contribution in [-0.2, 0) is 0 Å². The quantitative estimate of drug-likeness (QED) is 0.436. The molecular formula is C4H9Cl2P. The second-order valence-electron chi connectivity index (χ2n) is 1.31. The molecule has 7 heavy (non-hydrogen) atoms. The number of hydrogen-bond donors (Lipinski definition) is 0. The first-order chi connectivity index (χ1) is 3.31. The minimum absolute atomic E-state index is 0.252. The molecule has 2 unspecified atom stereocenters. The Labute approximate surface area is 56.8 Å². The van der Waals surface area contributed by atoms with Gasteiger partial charge in [0.2, 0.25) is 0 Å². The van der Waals surface area contributed by atoms with E-state index in [4.69, 9.17) is 23.2 Å². The van der Waals surface area contributed by atoms with Crippen molar-refractivity contribution in [3.8, 4) is 0 Å². The van der Waals surface area contributed by atoms with Crippen LogP contribution >= 0.6 is 32.4 Å². The molecule has 0 aliphatic rings. The SMILES string of the molecule is PCC(Cl)CCCl. The normalized spacial score (nSPS) is 14.1. The Balaban J connectivity index is 2.83. The molecule has 0 radical (unpaired) electrons. The van der Waals surface area contributed by atoms with Crippen molar-refractivity contribution in [2.75, 3.05) is 12.0 Å². The van der Waals surface area contributed by atoms with Gasteiger partial charge >= 0.3 is 0 Å². The fourth-order valence-electron chi connectivity index (χ4n) is 0.236. The van der Waals surface area contributed by atoms with Gasteiger partial charge in [0.25, 0.3) is 0 Å². The zero-order valence-electron chi connectivity index (χ0n) is 4.03. The zero-order valence-corrected chi connectivity index (χ0v) is 6.70. The van der Waals surface area contributed by atoms with Gasteiger partial charge in [-0.3, -0.25) is 0 Å². The molecule has 0 nitrogen and oxygen atoms in total. The van der Waals surface area contributed by atoms with Crippen molar-refractivity contribution in [3.63, 3.8) is 0 Å². The van der Waals surface area contributed by atoms with Gasteiger partial charge in [0, 0.05) is 11.3 Å². The lowest BCUT2D eigenvalue weighted by Gasteiger charge is -1.98. The van der Waals surface area contributed by atoms with E-state index in [0.717, 1.165) is 12.6 Å². The summed E-state index contributed by atoms with van der Waals surface area (Å²) in [7, 11) is 2.58. The highest BCUT2D eigenvalue weighted by molar-refractivity contribution is 7.16. The van der Waals surface area contributed by atoms with Crippen molar-refractivity contribution >= 4 is 32.4 Å². The first-order valence-corrected chi connectivity index (χ1v) is 4.00. The van der Waals surface area contributed by atoms with Crippen LogP contribution in [0.15, 0.2) is 0 Å². The molecule has 0 aliphatic carbocycles. The summed E-state index contributed by atoms with van der Waals surface area (Å²) in [6.07, 6.45) is 1.85. The van der Waals surface area contributed by atoms with Crippen LogP contribution in [0.2, 0.25) is 0 Å². The second kappa shape index (κ2) is 5.15. The van der Waals surface area contributed by atoms with Gasteiger partial charge in [-0.05, 0) is 12.6 Å². The summed E-state index contributed by atoms with van der Waals surface area (Å²) < 4.78 is 0. The Morgan fingerprint density at radius 1 is 1.57 bits per heavy atom. The first kappa shape index (κ1) is 8.01. The lowest BCUT2D eigenvalue weighted by Crippen LogP contribution is -1.98. The lowest BCUT2D eigenvalue weighted by molar-refractivity contribution is 0.913. The highest BCUT2D eigenvalue weighted by Gasteiger charge is 1.96. The molecule has 0 aromatic carbocycles. The molecule has 0 spiro atoms. The molecule has 0 bridgehead atoms. The molecule has 0 amide bonds. The fraction of sp³-hybridized carbons (Fsp3) is 1.00. The second-order valence-corrected chi connectivity index (χ2v) is 2.78. The van der Waals surface area contributed by atoms with Crippen LogP contribution in [0.3, 0.4) is 0 Å². The number of hydrogen-bond acceptors (Lipinski definition) is 0. The van der Waals surface area contributed by atoms with Crippen LogP contribution in [0.1, 0.15) is 6.42 Å². The molecule has 0 N–H and O–H groups in total. The molecule has 2 atom stereocenters. The Kier molecular flexibility index (Phi) is 5.90. The van der Waals surface area contributed by atoms with E-state index in [1.54, 1.807) is 0 Å². The number of alkyl halides is 2. The van der Waals surface area contributed by atoms with E-state index in [2.05, 4.69) is 9.24 Å². The van der Waals surface area contributed by atoms with Crippen LogP contribution in [0, 0.1) is 0 Å². The van der Waals surface area contributed by atoms with Crippen molar-refractivity contribution in [1.82, 2.24) is 0 Å². The van der Waals surface area contributed by atoms with Gasteiger partial charge in [-0.25, -0.2) is 0 Å². The third-order valence-corrected chi connectivity index (χ3v) is 2.16. The van der Waals surface area contributed by atoms with Crippen molar-refractivity contribution < 1.29 is 0 Å². The lowest BCUT2D eigenvalue weighted by atomic mass is 10.4. The minimum Gasteiger partial charge on any atom is -0.136 e. The van der Waals surface area contributed by atoms with Gasteiger partial charge in [0.1, 0.15) is 0 Å². The monoisotopic (exact) mass is 158 g/mol. The predicted molar refractivity (Wildman–Crippen MR) is 39.6 cm³/mol. The van der Waals surface area contributed by atoms with E-state index in [1.165, 1.54) is 0 Å². The van der Waals surface area contributed by atoms with Gasteiger partial charge in [0.05, 0.1) is 0 Å². The van der Waals surface area contributed by atoms with E-state index in [1.807, 2.05) is 0 Å². The van der Waals surface area contributed by atoms with Gasteiger partial charge < -0.3 is 0 Å². The molecule has 0 saturated carbocycles. The van der Waals surface area contributed by atoms with Crippen LogP contribution in [0.4, 0.5) is 0 Å². The van der Waals surface area contributed by atoms with E-state index in [-0.39, 0.29) is 5.38 Å². The molecule has 0 aromatic heterocycles. The highest BCUT2D eigenvalue weighted by atomic mass is 35.5. The summed E-state index contributed by atoms with van der Waals surface area (Å²) in [5.41, 5.74) is 0. The summed E-state index contributed by atoms with van der Waals surface area (Å²) in [6.45, 7) is 0. The predicted octanol–water partition coefficient (Wildman–Crippen LogP) is 2.10. The summed E-state index contributed by atoms with van der Waals surface area (Å²) in [5, 5.41) is 0.252. The summed E-state index contributed by atoms with van der Waals surface area (Å²) in [6, 6.07) is 0. The molecular weight excluding hydrogens is 150 g/mol. The van der Waals surface area contributed by atoms with Crippen molar-refractivity contribution in [2.45, 2.75) is 11.8 Å². The smallest absolute Gasteiger partial charge is 0.0381 e. The molecule has 0 saturated heterocycles. The molecule has 0 fully saturated rings. The maximum atomic E-state index is 5.66. The van der Waals surface area contributed by atoms with Crippen molar-refractivity contribution in [2.24, 2.45) is 0 Å². The van der Waals surface area contributed by atoms with Gasteiger partial charge in [-0.15, -0.1) is 32.4 Å². The van der Waals surface area contributed by atoms with E-state index in [0.29, 0.717) is 5.88 Å².